The average Bonchev–Trinajstić information content (AvgIpc) is 2.78. The molecule has 1 nitrogen and oxygen atoms in total. The Morgan fingerprint density at radius 3 is 2.55 bits per heavy atom. The number of allylic oxidation sites excluding steroid dienone is 2. The lowest BCUT2D eigenvalue weighted by molar-refractivity contribution is 0.0165. The fourth-order valence-electron chi connectivity index (χ4n) is 4.06. The number of hydrogen-bond acceptors (Lipinski definition) is 1. The Hall–Kier alpha value is -2.08. The summed E-state index contributed by atoms with van der Waals surface area (Å²) in [5.74, 6) is 6.34. The van der Waals surface area contributed by atoms with E-state index in [-0.39, 0.29) is 5.82 Å². The van der Waals surface area contributed by atoms with Crippen molar-refractivity contribution in [1.82, 2.24) is 0 Å². The minimum absolute atomic E-state index is 0.367. The van der Waals surface area contributed by atoms with Crippen LogP contribution in [-0.2, 0) is 11.2 Å². The van der Waals surface area contributed by atoms with E-state index in [4.69, 9.17) is 16.3 Å². The molecule has 1 aliphatic carbocycles. The zero-order chi connectivity index (χ0) is 21.9. The maximum absolute atomic E-state index is 13.8. The molecule has 31 heavy (non-hydrogen) atoms. The molecule has 1 fully saturated rings. The van der Waals surface area contributed by atoms with Crippen LogP contribution in [0, 0.1) is 23.6 Å². The Morgan fingerprint density at radius 1 is 1.06 bits per heavy atom. The number of benzene rings is 2. The van der Waals surface area contributed by atoms with E-state index in [1.807, 2.05) is 12.1 Å². The zero-order valence-corrected chi connectivity index (χ0v) is 19.1. The summed E-state index contributed by atoms with van der Waals surface area (Å²) in [6.07, 6.45) is 14.3. The molecular formula is C28H32ClFO. The van der Waals surface area contributed by atoms with E-state index in [9.17, 15) is 4.39 Å². The molecule has 164 valence electrons. The van der Waals surface area contributed by atoms with Gasteiger partial charge in [-0.1, -0.05) is 47.7 Å². The molecule has 3 rings (SSSR count). The Morgan fingerprint density at radius 2 is 1.84 bits per heavy atom. The second-order valence-corrected chi connectivity index (χ2v) is 8.77. The van der Waals surface area contributed by atoms with Crippen LogP contribution in [0.4, 0.5) is 4.39 Å². The molecule has 0 amide bonds. The lowest BCUT2D eigenvalue weighted by Gasteiger charge is -2.28. The van der Waals surface area contributed by atoms with E-state index in [1.165, 1.54) is 43.7 Å². The summed E-state index contributed by atoms with van der Waals surface area (Å²) >= 11 is 5.78. The first-order valence-corrected chi connectivity index (χ1v) is 11.8. The Kier molecular flexibility index (Phi) is 9.66. The van der Waals surface area contributed by atoms with Crippen molar-refractivity contribution in [3.8, 4) is 11.8 Å². The maximum Gasteiger partial charge on any atom is 0.140 e. The standard InChI is InChI=1S/C28H32ClFO/c1-2-3-4-5-20-31-27-18-13-24(14-19-27)11-8-22-6-9-23(10-7-22)12-15-25-16-17-26(29)21-28(25)30/h2-3,6-7,9-10,16-17,21,24,27H,4-5,8,11,13-14,18-20H2,1H3/b3-2+. The number of unbranched alkanes of at least 4 members (excludes halogenated alkanes) is 1. The van der Waals surface area contributed by atoms with Gasteiger partial charge in [0.15, 0.2) is 0 Å². The first-order chi connectivity index (χ1) is 15.1. The maximum atomic E-state index is 13.8. The van der Waals surface area contributed by atoms with Crippen LogP contribution < -0.4 is 0 Å². The normalized spacial score (nSPS) is 18.7. The highest BCUT2D eigenvalue weighted by molar-refractivity contribution is 6.30. The molecule has 2 aromatic carbocycles. The molecule has 0 spiro atoms. The van der Waals surface area contributed by atoms with Gasteiger partial charge in [-0.2, -0.15) is 0 Å². The lowest BCUT2D eigenvalue weighted by atomic mass is 9.83. The molecule has 0 aliphatic heterocycles. The van der Waals surface area contributed by atoms with Crippen LogP contribution in [0.15, 0.2) is 54.6 Å². The van der Waals surface area contributed by atoms with Crippen molar-refractivity contribution >= 4 is 11.6 Å². The highest BCUT2D eigenvalue weighted by atomic mass is 35.5. The molecular weight excluding hydrogens is 407 g/mol. The van der Waals surface area contributed by atoms with Crippen molar-refractivity contribution in [3.05, 3.63) is 82.1 Å². The van der Waals surface area contributed by atoms with Crippen molar-refractivity contribution in [2.24, 2.45) is 5.92 Å². The summed E-state index contributed by atoms with van der Waals surface area (Å²) < 4.78 is 19.9. The number of hydrogen-bond donors (Lipinski definition) is 0. The quantitative estimate of drug-likeness (QED) is 0.232. The Bertz CT molecular complexity index is 899. The number of halogens is 2. The fraction of sp³-hybridized carbons (Fsp3) is 0.429. The van der Waals surface area contributed by atoms with E-state index in [0.29, 0.717) is 16.7 Å². The summed E-state index contributed by atoms with van der Waals surface area (Å²) in [6, 6.07) is 12.9. The van der Waals surface area contributed by atoms with Crippen molar-refractivity contribution in [2.45, 2.75) is 64.4 Å². The smallest absolute Gasteiger partial charge is 0.140 e. The molecule has 0 N–H and O–H groups in total. The third kappa shape index (κ3) is 8.17. The van der Waals surface area contributed by atoms with Crippen LogP contribution >= 0.6 is 11.6 Å². The largest absolute Gasteiger partial charge is 0.378 e. The second kappa shape index (κ2) is 12.7. The topological polar surface area (TPSA) is 9.23 Å². The Labute approximate surface area is 191 Å². The molecule has 0 atom stereocenters. The third-order valence-electron chi connectivity index (χ3n) is 5.97. The minimum atomic E-state index is -0.384. The van der Waals surface area contributed by atoms with E-state index < -0.39 is 0 Å². The summed E-state index contributed by atoms with van der Waals surface area (Å²) in [6.45, 7) is 2.95. The molecule has 2 aromatic rings. The van der Waals surface area contributed by atoms with Crippen LogP contribution in [-0.4, -0.2) is 12.7 Å². The van der Waals surface area contributed by atoms with E-state index in [0.717, 1.165) is 37.4 Å². The summed E-state index contributed by atoms with van der Waals surface area (Å²) in [4.78, 5) is 0. The van der Waals surface area contributed by atoms with Gasteiger partial charge in [0, 0.05) is 17.2 Å². The molecule has 0 aromatic heterocycles. The predicted molar refractivity (Wildman–Crippen MR) is 128 cm³/mol. The van der Waals surface area contributed by atoms with Crippen molar-refractivity contribution < 1.29 is 9.13 Å². The number of rotatable bonds is 8. The molecule has 0 unspecified atom stereocenters. The van der Waals surface area contributed by atoms with Gasteiger partial charge in [-0.25, -0.2) is 4.39 Å². The molecule has 0 radical (unpaired) electrons. The molecule has 0 heterocycles. The SMILES string of the molecule is C/C=C/CCCOC1CCC(CCc2ccc(C#Cc3ccc(Cl)cc3F)cc2)CC1. The monoisotopic (exact) mass is 438 g/mol. The number of aryl methyl sites for hydroxylation is 1. The highest BCUT2D eigenvalue weighted by Crippen LogP contribution is 2.29. The van der Waals surface area contributed by atoms with Gasteiger partial charge in [-0.3, -0.25) is 0 Å². The first-order valence-electron chi connectivity index (χ1n) is 11.4. The average molecular weight is 439 g/mol. The Balaban J connectivity index is 1.39. The van der Waals surface area contributed by atoms with Crippen LogP contribution in [0.2, 0.25) is 5.02 Å². The van der Waals surface area contributed by atoms with Crippen molar-refractivity contribution in [2.75, 3.05) is 6.61 Å². The predicted octanol–water partition coefficient (Wildman–Crippen LogP) is 7.74. The molecule has 1 aliphatic rings. The van der Waals surface area contributed by atoms with Gasteiger partial charge < -0.3 is 4.74 Å². The second-order valence-electron chi connectivity index (χ2n) is 8.33. The minimum Gasteiger partial charge on any atom is -0.378 e. The molecule has 3 heteroatoms. The van der Waals surface area contributed by atoms with Gasteiger partial charge in [-0.15, -0.1) is 0 Å². The van der Waals surface area contributed by atoms with Gasteiger partial charge in [0.1, 0.15) is 5.82 Å². The van der Waals surface area contributed by atoms with E-state index >= 15 is 0 Å². The van der Waals surface area contributed by atoms with Gasteiger partial charge in [0.05, 0.1) is 11.7 Å². The molecule has 0 saturated heterocycles. The molecule has 0 bridgehead atoms. The van der Waals surface area contributed by atoms with Gasteiger partial charge in [0.25, 0.3) is 0 Å². The third-order valence-corrected chi connectivity index (χ3v) is 6.20. The first kappa shape index (κ1) is 23.6. The van der Waals surface area contributed by atoms with Crippen LogP contribution in [0.3, 0.4) is 0 Å². The van der Waals surface area contributed by atoms with E-state index in [2.05, 4.69) is 43.0 Å². The van der Waals surface area contributed by atoms with Gasteiger partial charge in [0.2, 0.25) is 0 Å². The van der Waals surface area contributed by atoms with Crippen LogP contribution in [0.5, 0.6) is 0 Å². The number of ether oxygens (including phenoxy) is 1. The fourth-order valence-corrected chi connectivity index (χ4v) is 4.22. The summed E-state index contributed by atoms with van der Waals surface area (Å²) in [5, 5.41) is 0.383. The van der Waals surface area contributed by atoms with Crippen LogP contribution in [0.1, 0.15) is 68.6 Å². The van der Waals surface area contributed by atoms with Crippen molar-refractivity contribution in [3.63, 3.8) is 0 Å². The van der Waals surface area contributed by atoms with Crippen LogP contribution in [0.25, 0.3) is 0 Å². The lowest BCUT2D eigenvalue weighted by Crippen LogP contribution is -2.22. The van der Waals surface area contributed by atoms with Gasteiger partial charge >= 0.3 is 0 Å². The van der Waals surface area contributed by atoms with E-state index in [1.54, 1.807) is 12.1 Å². The molecule has 1 saturated carbocycles. The summed E-state index contributed by atoms with van der Waals surface area (Å²) in [5.41, 5.74) is 2.60. The summed E-state index contributed by atoms with van der Waals surface area (Å²) in [7, 11) is 0. The highest BCUT2D eigenvalue weighted by Gasteiger charge is 2.21. The van der Waals surface area contributed by atoms with Gasteiger partial charge in [-0.05, 0) is 100 Å². The zero-order valence-electron chi connectivity index (χ0n) is 18.4. The van der Waals surface area contributed by atoms with Crippen molar-refractivity contribution in [1.29, 1.82) is 0 Å².